The molecule has 3 heterocycles. The number of aromatic nitrogens is 1. The van der Waals surface area contributed by atoms with Crippen LogP contribution in [0.3, 0.4) is 0 Å². The summed E-state index contributed by atoms with van der Waals surface area (Å²) in [6, 6.07) is 4.93. The summed E-state index contributed by atoms with van der Waals surface area (Å²) in [6.45, 7) is 2.61. The van der Waals surface area contributed by atoms with Crippen LogP contribution in [0.1, 0.15) is 30.9 Å². The first-order valence-electron chi connectivity index (χ1n) is 5.57. The molecule has 74 valence electrons. The van der Waals surface area contributed by atoms with Gasteiger partial charge in [-0.1, -0.05) is 6.07 Å². The highest BCUT2D eigenvalue weighted by atomic mass is 15.2. The van der Waals surface area contributed by atoms with Crippen molar-refractivity contribution in [3.8, 4) is 0 Å². The molecule has 2 aliphatic rings. The van der Waals surface area contributed by atoms with E-state index < -0.39 is 0 Å². The minimum atomic E-state index is 0.655. The Morgan fingerprint density at radius 1 is 1.29 bits per heavy atom. The smallest absolute Gasteiger partial charge is 0.0363 e. The van der Waals surface area contributed by atoms with E-state index in [-0.39, 0.29) is 0 Å². The van der Waals surface area contributed by atoms with Crippen molar-refractivity contribution in [2.24, 2.45) is 5.92 Å². The average molecular weight is 188 g/mol. The Bertz CT molecular complexity index is 309. The molecule has 1 aromatic heterocycles. The summed E-state index contributed by atoms with van der Waals surface area (Å²) in [7, 11) is 0. The van der Waals surface area contributed by atoms with Gasteiger partial charge in [-0.2, -0.15) is 0 Å². The van der Waals surface area contributed by atoms with Crippen molar-refractivity contribution in [3.05, 3.63) is 30.1 Å². The summed E-state index contributed by atoms with van der Waals surface area (Å²) in [6.07, 6.45) is 8.05. The van der Waals surface area contributed by atoms with E-state index in [2.05, 4.69) is 22.0 Å². The molecule has 2 aliphatic heterocycles. The predicted octanol–water partition coefficient (Wildman–Crippen LogP) is 2.24. The summed E-state index contributed by atoms with van der Waals surface area (Å²) < 4.78 is 0. The van der Waals surface area contributed by atoms with Gasteiger partial charge in [0.1, 0.15) is 0 Å². The average Bonchev–Trinajstić information content (AvgIpc) is 2.62. The Labute approximate surface area is 85.0 Å². The van der Waals surface area contributed by atoms with Gasteiger partial charge in [-0.25, -0.2) is 0 Å². The number of hydrogen-bond acceptors (Lipinski definition) is 2. The topological polar surface area (TPSA) is 16.1 Å². The van der Waals surface area contributed by atoms with Gasteiger partial charge in [-0.05, 0) is 43.4 Å². The van der Waals surface area contributed by atoms with Crippen LogP contribution in [-0.4, -0.2) is 23.0 Å². The Morgan fingerprint density at radius 3 is 3.14 bits per heavy atom. The number of hydrogen-bond donors (Lipinski definition) is 0. The molecule has 0 aromatic carbocycles. The summed E-state index contributed by atoms with van der Waals surface area (Å²) in [5.74, 6) is 0.989. The molecule has 0 aliphatic carbocycles. The van der Waals surface area contributed by atoms with E-state index in [0.717, 1.165) is 5.92 Å². The van der Waals surface area contributed by atoms with Gasteiger partial charge in [0.05, 0.1) is 0 Å². The minimum absolute atomic E-state index is 0.655. The van der Waals surface area contributed by atoms with E-state index in [0.29, 0.717) is 6.04 Å². The molecule has 0 radical (unpaired) electrons. The van der Waals surface area contributed by atoms with Crippen molar-refractivity contribution >= 4 is 0 Å². The lowest BCUT2D eigenvalue weighted by Gasteiger charge is -2.32. The summed E-state index contributed by atoms with van der Waals surface area (Å²) >= 11 is 0. The van der Waals surface area contributed by atoms with E-state index in [1.807, 2.05) is 12.4 Å². The van der Waals surface area contributed by atoms with Gasteiger partial charge in [0.15, 0.2) is 0 Å². The molecule has 14 heavy (non-hydrogen) atoms. The largest absolute Gasteiger partial charge is 0.296 e. The van der Waals surface area contributed by atoms with E-state index in [1.54, 1.807) is 0 Å². The number of nitrogens with zero attached hydrogens (tertiary/aromatic N) is 2. The van der Waals surface area contributed by atoms with E-state index in [4.69, 9.17) is 0 Å². The van der Waals surface area contributed by atoms with Crippen LogP contribution in [0.4, 0.5) is 0 Å². The maximum atomic E-state index is 4.22. The number of rotatable bonds is 1. The van der Waals surface area contributed by atoms with E-state index in [1.165, 1.54) is 37.9 Å². The van der Waals surface area contributed by atoms with Crippen LogP contribution in [0.25, 0.3) is 0 Å². The van der Waals surface area contributed by atoms with E-state index >= 15 is 0 Å². The van der Waals surface area contributed by atoms with Crippen LogP contribution in [0.2, 0.25) is 0 Å². The number of piperidine rings is 1. The fraction of sp³-hybridized carbons (Fsp3) is 0.583. The zero-order valence-electron chi connectivity index (χ0n) is 8.39. The second-order valence-electron chi connectivity index (χ2n) is 4.53. The molecule has 0 saturated carbocycles. The highest BCUT2D eigenvalue weighted by Gasteiger charge is 2.33. The van der Waals surface area contributed by atoms with Crippen LogP contribution in [0.15, 0.2) is 24.5 Å². The zero-order valence-corrected chi connectivity index (χ0v) is 8.39. The molecule has 0 amide bonds. The molecule has 0 N–H and O–H groups in total. The standard InChI is InChI=1S/C12H16N2/c1-2-11(8-13-6-1)12-4-3-10-5-7-14(12)9-10/h1-2,6,8,10,12H,3-5,7,9H2/t10-,12+/m1/s1. The van der Waals surface area contributed by atoms with Crippen molar-refractivity contribution in [1.82, 2.24) is 9.88 Å². The second-order valence-corrected chi connectivity index (χ2v) is 4.53. The fourth-order valence-corrected chi connectivity index (χ4v) is 2.91. The first-order chi connectivity index (χ1) is 6.93. The third-order valence-electron chi connectivity index (χ3n) is 3.68. The summed E-state index contributed by atoms with van der Waals surface area (Å²) in [5, 5.41) is 0. The van der Waals surface area contributed by atoms with Gasteiger partial charge in [0, 0.05) is 25.0 Å². The molecule has 2 saturated heterocycles. The Hall–Kier alpha value is -0.890. The van der Waals surface area contributed by atoms with Gasteiger partial charge >= 0.3 is 0 Å². The monoisotopic (exact) mass is 188 g/mol. The molecule has 1 aromatic rings. The fourth-order valence-electron chi connectivity index (χ4n) is 2.91. The molecular formula is C12H16N2. The maximum absolute atomic E-state index is 4.22. The summed E-state index contributed by atoms with van der Waals surface area (Å²) in [4.78, 5) is 6.85. The molecule has 2 fully saturated rings. The van der Waals surface area contributed by atoms with Gasteiger partial charge in [0.25, 0.3) is 0 Å². The highest BCUT2D eigenvalue weighted by molar-refractivity contribution is 5.15. The minimum Gasteiger partial charge on any atom is -0.296 e. The van der Waals surface area contributed by atoms with Crippen LogP contribution in [0, 0.1) is 5.92 Å². The van der Waals surface area contributed by atoms with Crippen molar-refractivity contribution in [2.75, 3.05) is 13.1 Å². The van der Waals surface area contributed by atoms with Crippen molar-refractivity contribution in [3.63, 3.8) is 0 Å². The first-order valence-corrected chi connectivity index (χ1v) is 5.57. The lowest BCUT2D eigenvalue weighted by atomic mass is 9.93. The molecule has 3 atom stereocenters. The van der Waals surface area contributed by atoms with Gasteiger partial charge in [-0.3, -0.25) is 9.88 Å². The zero-order chi connectivity index (χ0) is 9.38. The Balaban J connectivity index is 1.85. The SMILES string of the molecule is c1cncc([C@@H]2CC[C@@H]3CCN2C3)c1. The Kier molecular flexibility index (Phi) is 2.02. The Morgan fingerprint density at radius 2 is 2.29 bits per heavy atom. The normalized spacial score (nSPS) is 35.9. The van der Waals surface area contributed by atoms with Gasteiger partial charge in [0.2, 0.25) is 0 Å². The summed E-state index contributed by atoms with van der Waals surface area (Å²) in [5.41, 5.74) is 1.41. The van der Waals surface area contributed by atoms with Crippen molar-refractivity contribution < 1.29 is 0 Å². The lowest BCUT2D eigenvalue weighted by Crippen LogP contribution is -2.30. The van der Waals surface area contributed by atoms with Gasteiger partial charge in [-0.15, -0.1) is 0 Å². The molecule has 2 bridgehead atoms. The number of pyridine rings is 1. The molecule has 0 spiro atoms. The molecule has 1 unspecified atom stereocenters. The van der Waals surface area contributed by atoms with Crippen molar-refractivity contribution in [2.45, 2.75) is 25.3 Å². The molecular weight excluding hydrogens is 172 g/mol. The molecule has 3 rings (SSSR count). The molecule has 2 heteroatoms. The molecule has 2 nitrogen and oxygen atoms in total. The van der Waals surface area contributed by atoms with Crippen LogP contribution < -0.4 is 0 Å². The van der Waals surface area contributed by atoms with Crippen LogP contribution in [0.5, 0.6) is 0 Å². The van der Waals surface area contributed by atoms with Crippen LogP contribution in [-0.2, 0) is 0 Å². The second kappa shape index (κ2) is 3.35. The quantitative estimate of drug-likeness (QED) is 0.672. The lowest BCUT2D eigenvalue weighted by molar-refractivity contribution is 0.182. The maximum Gasteiger partial charge on any atom is 0.0363 e. The van der Waals surface area contributed by atoms with Crippen LogP contribution >= 0.6 is 0 Å². The number of fused-ring (bicyclic) bond motifs is 2. The van der Waals surface area contributed by atoms with E-state index in [9.17, 15) is 0 Å². The third kappa shape index (κ3) is 1.34. The van der Waals surface area contributed by atoms with Crippen molar-refractivity contribution in [1.29, 1.82) is 0 Å². The van der Waals surface area contributed by atoms with Gasteiger partial charge < -0.3 is 0 Å². The first kappa shape index (κ1) is 8.42. The highest BCUT2D eigenvalue weighted by Crippen LogP contribution is 2.38. The third-order valence-corrected chi connectivity index (χ3v) is 3.68. The predicted molar refractivity (Wildman–Crippen MR) is 55.9 cm³/mol.